The van der Waals surface area contributed by atoms with Gasteiger partial charge in [-0.1, -0.05) is 26.2 Å². The Balaban J connectivity index is 1.63. The molecule has 0 amide bonds. The molecule has 1 aliphatic heterocycles. The summed E-state index contributed by atoms with van der Waals surface area (Å²) in [4.78, 5) is 0. The fraction of sp³-hybridized carbons (Fsp3) is 1.00. The summed E-state index contributed by atoms with van der Waals surface area (Å²) >= 11 is 6.13. The van der Waals surface area contributed by atoms with Crippen LogP contribution in [0.3, 0.4) is 0 Å². The third kappa shape index (κ3) is 4.40. The molecule has 3 heteroatoms. The Kier molecular flexibility index (Phi) is 6.26. The Morgan fingerprint density at radius 2 is 1.67 bits per heavy atom. The number of unbranched alkanes of at least 4 members (excludes halogenated alkanes) is 2. The van der Waals surface area contributed by atoms with Gasteiger partial charge in [0.2, 0.25) is 0 Å². The van der Waals surface area contributed by atoms with Gasteiger partial charge >= 0.3 is 0 Å². The predicted molar refractivity (Wildman–Crippen MR) is 74.9 cm³/mol. The summed E-state index contributed by atoms with van der Waals surface area (Å²) in [7, 11) is 0. The molecule has 18 heavy (non-hydrogen) atoms. The summed E-state index contributed by atoms with van der Waals surface area (Å²) in [6.45, 7) is 4.04. The highest BCUT2D eigenvalue weighted by atomic mass is 35.5. The molecule has 0 spiro atoms. The molecular formula is C15H27ClO2. The molecule has 2 aliphatic rings. The molecule has 0 atom stereocenters. The van der Waals surface area contributed by atoms with Crippen molar-refractivity contribution in [3.8, 4) is 0 Å². The molecule has 1 aliphatic carbocycles. The number of ether oxygens (including phenoxy) is 2. The van der Waals surface area contributed by atoms with Crippen molar-refractivity contribution in [3.63, 3.8) is 0 Å². The molecule has 1 heterocycles. The molecule has 106 valence electrons. The van der Waals surface area contributed by atoms with Gasteiger partial charge in [-0.15, -0.1) is 11.6 Å². The lowest BCUT2D eigenvalue weighted by atomic mass is 9.88. The normalized spacial score (nSPS) is 37.7. The van der Waals surface area contributed by atoms with E-state index in [1.165, 1.54) is 38.5 Å². The van der Waals surface area contributed by atoms with Crippen LogP contribution in [0, 0.1) is 11.8 Å². The number of hydrogen-bond acceptors (Lipinski definition) is 2. The molecule has 1 saturated heterocycles. The van der Waals surface area contributed by atoms with Gasteiger partial charge in [0.25, 0.3) is 0 Å². The summed E-state index contributed by atoms with van der Waals surface area (Å²) in [6.07, 6.45) is 9.82. The van der Waals surface area contributed by atoms with E-state index in [4.69, 9.17) is 21.1 Å². The number of hydrogen-bond donors (Lipinski definition) is 0. The van der Waals surface area contributed by atoms with E-state index in [9.17, 15) is 0 Å². The van der Waals surface area contributed by atoms with Crippen LogP contribution < -0.4 is 0 Å². The van der Waals surface area contributed by atoms with E-state index in [0.717, 1.165) is 26.1 Å². The van der Waals surface area contributed by atoms with Gasteiger partial charge < -0.3 is 9.47 Å². The van der Waals surface area contributed by atoms with E-state index in [2.05, 4.69) is 6.92 Å². The summed E-state index contributed by atoms with van der Waals surface area (Å²) in [5.74, 6) is 1.20. The highest BCUT2D eigenvalue weighted by Crippen LogP contribution is 2.33. The molecule has 2 fully saturated rings. The maximum absolute atomic E-state index is 6.13. The quantitative estimate of drug-likeness (QED) is 0.548. The van der Waals surface area contributed by atoms with Crippen LogP contribution >= 0.6 is 11.6 Å². The van der Waals surface area contributed by atoms with Gasteiger partial charge in [0.15, 0.2) is 6.29 Å². The zero-order valence-electron chi connectivity index (χ0n) is 11.6. The molecule has 0 bridgehead atoms. The van der Waals surface area contributed by atoms with E-state index in [1.807, 2.05) is 0 Å². The largest absolute Gasteiger partial charge is 0.352 e. The van der Waals surface area contributed by atoms with Crippen LogP contribution in [0.2, 0.25) is 0 Å². The second-order valence-electron chi connectivity index (χ2n) is 5.91. The van der Waals surface area contributed by atoms with Crippen LogP contribution in [-0.4, -0.2) is 24.9 Å². The Hall–Kier alpha value is 0.210. The van der Waals surface area contributed by atoms with Gasteiger partial charge in [-0.05, 0) is 32.1 Å². The monoisotopic (exact) mass is 274 g/mol. The zero-order chi connectivity index (χ0) is 12.8. The van der Waals surface area contributed by atoms with Crippen LogP contribution in [0.15, 0.2) is 0 Å². The molecule has 1 saturated carbocycles. The minimum atomic E-state index is 0.0524. The molecule has 2 rings (SSSR count). The van der Waals surface area contributed by atoms with Crippen LogP contribution in [0.5, 0.6) is 0 Å². The molecular weight excluding hydrogens is 248 g/mol. The average molecular weight is 275 g/mol. The van der Waals surface area contributed by atoms with E-state index >= 15 is 0 Å². The summed E-state index contributed by atoms with van der Waals surface area (Å²) in [5.41, 5.74) is 0. The number of alkyl halides is 1. The maximum Gasteiger partial charge on any atom is 0.160 e. The summed E-state index contributed by atoms with van der Waals surface area (Å²) < 4.78 is 11.9. The SMILES string of the molecule is CCCCCC1COC(C2CCC(Cl)CC2)OC1. The smallest absolute Gasteiger partial charge is 0.160 e. The fourth-order valence-electron chi connectivity index (χ4n) is 3.03. The van der Waals surface area contributed by atoms with Crippen molar-refractivity contribution >= 4 is 11.6 Å². The molecule has 0 N–H and O–H groups in total. The van der Waals surface area contributed by atoms with Crippen LogP contribution in [-0.2, 0) is 9.47 Å². The van der Waals surface area contributed by atoms with Gasteiger partial charge in [-0.3, -0.25) is 0 Å². The zero-order valence-corrected chi connectivity index (χ0v) is 12.3. The fourth-order valence-corrected chi connectivity index (χ4v) is 3.28. The van der Waals surface area contributed by atoms with E-state index in [-0.39, 0.29) is 6.29 Å². The standard InChI is InChI=1S/C15H27ClO2/c1-2-3-4-5-12-10-17-15(18-11-12)13-6-8-14(16)9-7-13/h12-15H,2-11H2,1H3. The lowest BCUT2D eigenvalue weighted by Gasteiger charge is -2.36. The van der Waals surface area contributed by atoms with Crippen LogP contribution in [0.4, 0.5) is 0 Å². The molecule has 0 unspecified atom stereocenters. The topological polar surface area (TPSA) is 18.5 Å². The molecule has 0 radical (unpaired) electrons. The summed E-state index contributed by atoms with van der Waals surface area (Å²) in [5, 5.41) is 0.381. The Morgan fingerprint density at radius 3 is 2.28 bits per heavy atom. The molecule has 0 aromatic rings. The third-order valence-corrected chi connectivity index (χ3v) is 4.73. The molecule has 2 nitrogen and oxygen atoms in total. The second kappa shape index (κ2) is 7.72. The van der Waals surface area contributed by atoms with Gasteiger partial charge in [0, 0.05) is 17.2 Å². The predicted octanol–water partition coefficient (Wildman–Crippen LogP) is 4.35. The first kappa shape index (κ1) is 14.6. The Bertz CT molecular complexity index is 219. The number of halogens is 1. The van der Waals surface area contributed by atoms with Crippen molar-refractivity contribution in [3.05, 3.63) is 0 Å². The second-order valence-corrected chi connectivity index (χ2v) is 6.53. The van der Waals surface area contributed by atoms with Crippen LogP contribution in [0.1, 0.15) is 58.3 Å². The van der Waals surface area contributed by atoms with Gasteiger partial charge in [-0.2, -0.15) is 0 Å². The van der Waals surface area contributed by atoms with Crippen molar-refractivity contribution in [2.45, 2.75) is 70.0 Å². The first-order valence-corrected chi connectivity index (χ1v) is 8.10. The van der Waals surface area contributed by atoms with Gasteiger partial charge in [-0.25, -0.2) is 0 Å². The first-order valence-electron chi connectivity index (χ1n) is 7.67. The highest BCUT2D eigenvalue weighted by Gasteiger charge is 2.31. The van der Waals surface area contributed by atoms with Gasteiger partial charge in [0.05, 0.1) is 13.2 Å². The van der Waals surface area contributed by atoms with Crippen LogP contribution in [0.25, 0.3) is 0 Å². The Labute approximate surface area is 116 Å². The van der Waals surface area contributed by atoms with Gasteiger partial charge in [0.1, 0.15) is 0 Å². The minimum Gasteiger partial charge on any atom is -0.352 e. The van der Waals surface area contributed by atoms with E-state index in [1.54, 1.807) is 0 Å². The van der Waals surface area contributed by atoms with E-state index < -0.39 is 0 Å². The molecule has 0 aromatic carbocycles. The van der Waals surface area contributed by atoms with E-state index in [0.29, 0.717) is 17.2 Å². The van der Waals surface area contributed by atoms with Crippen molar-refractivity contribution in [1.29, 1.82) is 0 Å². The first-order chi connectivity index (χ1) is 8.79. The lowest BCUT2D eigenvalue weighted by molar-refractivity contribution is -0.228. The average Bonchev–Trinajstić information content (AvgIpc) is 2.41. The Morgan fingerprint density at radius 1 is 1.00 bits per heavy atom. The third-order valence-electron chi connectivity index (χ3n) is 4.29. The maximum atomic E-state index is 6.13. The minimum absolute atomic E-state index is 0.0524. The summed E-state index contributed by atoms with van der Waals surface area (Å²) in [6, 6.07) is 0. The number of rotatable bonds is 5. The van der Waals surface area contributed by atoms with Crippen molar-refractivity contribution in [2.75, 3.05) is 13.2 Å². The highest BCUT2D eigenvalue weighted by molar-refractivity contribution is 6.20. The lowest BCUT2D eigenvalue weighted by Crippen LogP contribution is -2.38. The van der Waals surface area contributed by atoms with Crippen molar-refractivity contribution in [2.24, 2.45) is 11.8 Å². The molecule has 0 aromatic heterocycles. The van der Waals surface area contributed by atoms with Crippen molar-refractivity contribution < 1.29 is 9.47 Å². The van der Waals surface area contributed by atoms with Crippen molar-refractivity contribution in [1.82, 2.24) is 0 Å².